The molecule has 2 rings (SSSR count). The van der Waals surface area contributed by atoms with Crippen LogP contribution < -0.4 is 10.6 Å². The molecule has 18 heavy (non-hydrogen) atoms. The van der Waals surface area contributed by atoms with Crippen molar-refractivity contribution in [3.63, 3.8) is 0 Å². The van der Waals surface area contributed by atoms with Gasteiger partial charge in [-0.25, -0.2) is 0 Å². The Morgan fingerprint density at radius 3 is 2.78 bits per heavy atom. The molecule has 0 saturated carbocycles. The minimum atomic E-state index is -0.337. The number of hydrogen-bond acceptors (Lipinski definition) is 3. The molecule has 0 fully saturated rings. The van der Waals surface area contributed by atoms with Gasteiger partial charge in [-0.3, -0.25) is 4.79 Å². The summed E-state index contributed by atoms with van der Waals surface area (Å²) in [5.41, 5.74) is 4.10. The van der Waals surface area contributed by atoms with E-state index in [1.807, 2.05) is 32.9 Å². The Hall–Kier alpha value is -1.86. The highest BCUT2D eigenvalue weighted by Gasteiger charge is 2.32. The monoisotopic (exact) mass is 243 g/mol. The summed E-state index contributed by atoms with van der Waals surface area (Å²) >= 11 is 0. The molecule has 1 aromatic carbocycles. The van der Waals surface area contributed by atoms with E-state index in [2.05, 4.69) is 16.7 Å². The van der Waals surface area contributed by atoms with Crippen molar-refractivity contribution in [2.75, 3.05) is 11.9 Å². The number of anilines is 1. The third-order valence-corrected chi connectivity index (χ3v) is 3.32. The van der Waals surface area contributed by atoms with Gasteiger partial charge in [-0.1, -0.05) is 12.1 Å². The quantitative estimate of drug-likeness (QED) is 0.854. The number of amides is 1. The van der Waals surface area contributed by atoms with Crippen LogP contribution >= 0.6 is 0 Å². The van der Waals surface area contributed by atoms with Crippen LogP contribution in [0.2, 0.25) is 0 Å². The van der Waals surface area contributed by atoms with Crippen molar-refractivity contribution in [2.45, 2.75) is 26.8 Å². The lowest BCUT2D eigenvalue weighted by molar-refractivity contribution is -0.117. The molecular formula is C14H17N3O. The number of carbonyl (C=O) groups excluding carboxylic acids is 1. The third kappa shape index (κ3) is 2.09. The fourth-order valence-electron chi connectivity index (χ4n) is 2.23. The summed E-state index contributed by atoms with van der Waals surface area (Å²) in [6.07, 6.45) is 0. The molecule has 0 saturated heterocycles. The maximum Gasteiger partial charge on any atom is 0.246 e. The molecule has 2 atom stereocenters. The fourth-order valence-corrected chi connectivity index (χ4v) is 2.23. The summed E-state index contributed by atoms with van der Waals surface area (Å²) in [6.45, 7) is 6.34. The second kappa shape index (κ2) is 4.79. The van der Waals surface area contributed by atoms with Gasteiger partial charge in [-0.15, -0.1) is 0 Å². The van der Waals surface area contributed by atoms with Crippen LogP contribution in [0.5, 0.6) is 0 Å². The Morgan fingerprint density at radius 1 is 1.44 bits per heavy atom. The number of hydrogen-bond donors (Lipinski definition) is 2. The Labute approximate surface area is 107 Å². The van der Waals surface area contributed by atoms with Crippen LogP contribution in [0.4, 0.5) is 5.69 Å². The molecule has 1 aromatic rings. The Morgan fingerprint density at radius 2 is 2.11 bits per heavy atom. The third-order valence-electron chi connectivity index (χ3n) is 3.32. The molecule has 0 radical (unpaired) electrons. The molecule has 1 aliphatic rings. The summed E-state index contributed by atoms with van der Waals surface area (Å²) in [6, 6.07) is 5.86. The van der Waals surface area contributed by atoms with Crippen molar-refractivity contribution in [3.05, 3.63) is 28.8 Å². The van der Waals surface area contributed by atoms with Crippen LogP contribution in [0.3, 0.4) is 0 Å². The summed E-state index contributed by atoms with van der Waals surface area (Å²) in [4.78, 5) is 12.0. The average molecular weight is 243 g/mol. The first kappa shape index (κ1) is 12.6. The van der Waals surface area contributed by atoms with Crippen molar-refractivity contribution in [2.24, 2.45) is 5.92 Å². The number of benzene rings is 1. The molecule has 4 nitrogen and oxygen atoms in total. The smallest absolute Gasteiger partial charge is 0.246 e. The molecule has 2 N–H and O–H groups in total. The number of nitrogens with one attached hydrogen (secondary N) is 2. The minimum absolute atomic E-state index is 0.0347. The molecule has 1 heterocycles. The number of nitriles is 1. The van der Waals surface area contributed by atoms with Gasteiger partial charge >= 0.3 is 0 Å². The normalized spacial score (nSPS) is 19.0. The zero-order chi connectivity index (χ0) is 13.3. The van der Waals surface area contributed by atoms with Crippen LogP contribution in [0.15, 0.2) is 12.1 Å². The maximum absolute atomic E-state index is 12.0. The molecule has 0 aliphatic carbocycles. The number of rotatable bonds is 3. The molecule has 1 aliphatic heterocycles. The highest BCUT2D eigenvalue weighted by molar-refractivity contribution is 6.03. The van der Waals surface area contributed by atoms with Crippen LogP contribution in [-0.2, 0) is 4.79 Å². The van der Waals surface area contributed by atoms with E-state index in [1.165, 1.54) is 0 Å². The van der Waals surface area contributed by atoms with Crippen LogP contribution in [0, 0.1) is 31.1 Å². The van der Waals surface area contributed by atoms with Crippen molar-refractivity contribution in [1.29, 1.82) is 5.26 Å². The lowest BCUT2D eigenvalue weighted by Crippen LogP contribution is -2.31. The van der Waals surface area contributed by atoms with E-state index in [0.717, 1.165) is 22.4 Å². The number of fused-ring (bicyclic) bond motifs is 1. The summed E-state index contributed by atoms with van der Waals surface area (Å²) in [7, 11) is 0. The second-order valence-corrected chi connectivity index (χ2v) is 4.85. The first-order chi connectivity index (χ1) is 8.54. The van der Waals surface area contributed by atoms with Gasteiger partial charge < -0.3 is 10.6 Å². The van der Waals surface area contributed by atoms with Gasteiger partial charge in [0.05, 0.1) is 12.0 Å². The number of nitrogens with zero attached hydrogens (tertiary/aromatic N) is 1. The summed E-state index contributed by atoms with van der Waals surface area (Å²) in [5.74, 6) is -0.139. The number of carbonyl (C=O) groups is 1. The zero-order valence-electron chi connectivity index (χ0n) is 10.9. The predicted molar refractivity (Wildman–Crippen MR) is 70.1 cm³/mol. The van der Waals surface area contributed by atoms with Crippen molar-refractivity contribution in [3.8, 4) is 6.07 Å². The SMILES string of the molecule is Cc1ccc(C)c2c1NC(=O)C2NCC(C)C#N. The molecule has 0 bridgehead atoms. The zero-order valence-corrected chi connectivity index (χ0v) is 10.9. The number of aryl methyl sites for hydroxylation is 2. The first-order valence-corrected chi connectivity index (χ1v) is 6.08. The van der Waals surface area contributed by atoms with E-state index in [9.17, 15) is 4.79 Å². The molecule has 2 unspecified atom stereocenters. The van der Waals surface area contributed by atoms with Gasteiger partial charge in [0.2, 0.25) is 5.91 Å². The average Bonchev–Trinajstić information content (AvgIpc) is 2.69. The molecule has 4 heteroatoms. The largest absolute Gasteiger partial charge is 0.324 e. The lowest BCUT2D eigenvalue weighted by atomic mass is 9.99. The van der Waals surface area contributed by atoms with Crippen LogP contribution in [-0.4, -0.2) is 12.5 Å². The molecule has 1 amide bonds. The molecule has 0 spiro atoms. The van der Waals surface area contributed by atoms with Crippen molar-refractivity contribution in [1.82, 2.24) is 5.32 Å². The van der Waals surface area contributed by atoms with E-state index in [-0.39, 0.29) is 17.9 Å². The standard InChI is InChI=1S/C14H17N3O/c1-8(6-15)7-16-13-11-9(2)4-5-10(3)12(11)17-14(13)18/h4-5,8,13,16H,7H2,1-3H3,(H,17,18). The van der Waals surface area contributed by atoms with Crippen molar-refractivity contribution >= 4 is 11.6 Å². The van der Waals surface area contributed by atoms with E-state index in [4.69, 9.17) is 5.26 Å². The Balaban J connectivity index is 2.28. The maximum atomic E-state index is 12.0. The van der Waals surface area contributed by atoms with Gasteiger partial charge in [0.1, 0.15) is 6.04 Å². The van der Waals surface area contributed by atoms with Gasteiger partial charge in [0.15, 0.2) is 0 Å². The van der Waals surface area contributed by atoms with Crippen LogP contribution in [0.1, 0.15) is 29.7 Å². The minimum Gasteiger partial charge on any atom is -0.324 e. The fraction of sp³-hybridized carbons (Fsp3) is 0.429. The van der Waals surface area contributed by atoms with Gasteiger partial charge in [0, 0.05) is 17.8 Å². The van der Waals surface area contributed by atoms with E-state index in [1.54, 1.807) is 0 Å². The Bertz CT molecular complexity index is 531. The van der Waals surface area contributed by atoms with E-state index >= 15 is 0 Å². The first-order valence-electron chi connectivity index (χ1n) is 6.08. The van der Waals surface area contributed by atoms with E-state index < -0.39 is 0 Å². The van der Waals surface area contributed by atoms with Gasteiger partial charge in [0.25, 0.3) is 0 Å². The van der Waals surface area contributed by atoms with Crippen molar-refractivity contribution < 1.29 is 4.79 Å². The van der Waals surface area contributed by atoms with Crippen LogP contribution in [0.25, 0.3) is 0 Å². The predicted octanol–water partition coefficient (Wildman–Crippen LogP) is 2.05. The molecule has 0 aromatic heterocycles. The highest BCUT2D eigenvalue weighted by atomic mass is 16.2. The topological polar surface area (TPSA) is 64.9 Å². The van der Waals surface area contributed by atoms with Gasteiger partial charge in [-0.05, 0) is 31.9 Å². The van der Waals surface area contributed by atoms with E-state index in [0.29, 0.717) is 6.54 Å². The second-order valence-electron chi connectivity index (χ2n) is 4.85. The summed E-state index contributed by atoms with van der Waals surface area (Å²) < 4.78 is 0. The highest BCUT2D eigenvalue weighted by Crippen LogP contribution is 2.35. The summed E-state index contributed by atoms with van der Waals surface area (Å²) in [5, 5.41) is 14.9. The molecule has 94 valence electrons. The Kier molecular flexibility index (Phi) is 3.35. The lowest BCUT2D eigenvalue weighted by Gasteiger charge is -2.14. The molecular weight excluding hydrogens is 226 g/mol. The van der Waals surface area contributed by atoms with Gasteiger partial charge in [-0.2, -0.15) is 5.26 Å².